The first-order chi connectivity index (χ1) is 13.6. The van der Waals surface area contributed by atoms with E-state index in [4.69, 9.17) is 0 Å². The Morgan fingerprint density at radius 3 is 2.54 bits per heavy atom. The molecule has 6 heteroatoms. The minimum Gasteiger partial charge on any atom is -0.324 e. The number of urea groups is 1. The van der Waals surface area contributed by atoms with Crippen molar-refractivity contribution >= 4 is 11.7 Å². The standard InChI is InChI=1S/C22H31N5O/c1-16(2)19-9-5-6-10-20(19)23-22(28)26-13-11-18(12-14-26)27-15-21(24-25-27)17-7-3-4-8-17/h5-6,9-10,15-18H,3-4,7-8,11-14H2,1-2H3,(H,23,28). The second kappa shape index (κ2) is 8.33. The third kappa shape index (κ3) is 4.05. The lowest BCUT2D eigenvalue weighted by Gasteiger charge is -2.32. The highest BCUT2D eigenvalue weighted by Crippen LogP contribution is 2.33. The summed E-state index contributed by atoms with van der Waals surface area (Å²) in [5.74, 6) is 0.976. The van der Waals surface area contributed by atoms with Gasteiger partial charge in [-0.3, -0.25) is 0 Å². The Hall–Kier alpha value is -2.37. The van der Waals surface area contributed by atoms with Crippen molar-refractivity contribution < 1.29 is 4.79 Å². The minimum absolute atomic E-state index is 0.00298. The van der Waals surface area contributed by atoms with Crippen molar-refractivity contribution in [2.45, 2.75) is 70.3 Å². The first-order valence-corrected chi connectivity index (χ1v) is 10.7. The zero-order chi connectivity index (χ0) is 19.5. The van der Waals surface area contributed by atoms with Crippen LogP contribution in [-0.4, -0.2) is 39.0 Å². The number of rotatable bonds is 4. The lowest BCUT2D eigenvalue weighted by molar-refractivity contribution is 0.179. The van der Waals surface area contributed by atoms with Crippen LogP contribution in [0.1, 0.15) is 81.5 Å². The molecule has 0 radical (unpaired) electrons. The van der Waals surface area contributed by atoms with Crippen LogP contribution < -0.4 is 5.32 Å². The number of nitrogens with zero attached hydrogens (tertiary/aromatic N) is 4. The number of anilines is 1. The predicted molar refractivity (Wildman–Crippen MR) is 111 cm³/mol. The molecule has 1 saturated heterocycles. The molecule has 6 nitrogen and oxygen atoms in total. The van der Waals surface area contributed by atoms with Crippen LogP contribution >= 0.6 is 0 Å². The van der Waals surface area contributed by atoms with E-state index < -0.39 is 0 Å². The number of hydrogen-bond donors (Lipinski definition) is 1. The van der Waals surface area contributed by atoms with Crippen molar-refractivity contribution in [3.63, 3.8) is 0 Å². The molecule has 0 atom stereocenters. The number of amides is 2. The fraction of sp³-hybridized carbons (Fsp3) is 0.591. The number of carbonyl (C=O) groups is 1. The van der Waals surface area contributed by atoms with Gasteiger partial charge in [-0.25, -0.2) is 9.48 Å². The molecule has 2 heterocycles. The van der Waals surface area contributed by atoms with Gasteiger partial charge in [-0.05, 0) is 43.2 Å². The van der Waals surface area contributed by atoms with Crippen LogP contribution in [0.4, 0.5) is 10.5 Å². The number of carbonyl (C=O) groups excluding carboxylic acids is 1. The molecule has 0 bridgehead atoms. The van der Waals surface area contributed by atoms with Gasteiger partial charge in [-0.2, -0.15) is 0 Å². The number of aromatic nitrogens is 3. The summed E-state index contributed by atoms with van der Waals surface area (Å²) < 4.78 is 2.04. The Labute approximate surface area is 167 Å². The van der Waals surface area contributed by atoms with Crippen LogP contribution in [0, 0.1) is 0 Å². The number of nitrogens with one attached hydrogen (secondary N) is 1. The molecule has 28 heavy (non-hydrogen) atoms. The molecule has 2 amide bonds. The summed E-state index contributed by atoms with van der Waals surface area (Å²) in [6, 6.07) is 8.40. The zero-order valence-electron chi connectivity index (χ0n) is 17.0. The Bertz CT molecular complexity index is 801. The highest BCUT2D eigenvalue weighted by Gasteiger charge is 2.26. The second-order valence-electron chi connectivity index (χ2n) is 8.50. The van der Waals surface area contributed by atoms with Gasteiger partial charge in [0, 0.05) is 30.9 Å². The molecule has 1 aliphatic carbocycles. The molecule has 2 aliphatic rings. The summed E-state index contributed by atoms with van der Waals surface area (Å²) in [4.78, 5) is 14.7. The third-order valence-corrected chi connectivity index (χ3v) is 6.25. The summed E-state index contributed by atoms with van der Waals surface area (Å²) in [6.45, 7) is 5.79. The van der Waals surface area contributed by atoms with Gasteiger partial charge >= 0.3 is 6.03 Å². The fourth-order valence-electron chi connectivity index (χ4n) is 4.52. The molecule has 2 fully saturated rings. The van der Waals surface area contributed by atoms with Gasteiger partial charge < -0.3 is 10.2 Å². The van der Waals surface area contributed by atoms with Gasteiger partial charge in [0.05, 0.1) is 11.7 Å². The quantitative estimate of drug-likeness (QED) is 0.817. The Balaban J connectivity index is 1.33. The van der Waals surface area contributed by atoms with E-state index in [1.165, 1.54) is 31.2 Å². The number of likely N-dealkylation sites (tertiary alicyclic amines) is 1. The second-order valence-corrected chi connectivity index (χ2v) is 8.50. The van der Waals surface area contributed by atoms with Gasteiger partial charge in [0.1, 0.15) is 0 Å². The van der Waals surface area contributed by atoms with E-state index in [0.29, 0.717) is 17.9 Å². The zero-order valence-corrected chi connectivity index (χ0v) is 17.0. The molecular formula is C22H31N5O. The topological polar surface area (TPSA) is 63.1 Å². The summed E-state index contributed by atoms with van der Waals surface area (Å²) in [5.41, 5.74) is 3.25. The average molecular weight is 382 g/mol. The van der Waals surface area contributed by atoms with Crippen LogP contribution in [0.25, 0.3) is 0 Å². The van der Waals surface area contributed by atoms with Crippen molar-refractivity contribution in [2.24, 2.45) is 0 Å². The van der Waals surface area contributed by atoms with Gasteiger partial charge in [0.15, 0.2) is 0 Å². The number of para-hydroxylation sites is 1. The van der Waals surface area contributed by atoms with Crippen molar-refractivity contribution in [3.8, 4) is 0 Å². The highest BCUT2D eigenvalue weighted by atomic mass is 16.2. The normalized spacial score (nSPS) is 18.8. The van der Waals surface area contributed by atoms with E-state index in [0.717, 1.165) is 37.3 Å². The minimum atomic E-state index is -0.00298. The maximum atomic E-state index is 12.7. The monoisotopic (exact) mass is 381 g/mol. The first kappa shape index (κ1) is 19.0. The van der Waals surface area contributed by atoms with Crippen LogP contribution in [0.15, 0.2) is 30.5 Å². The van der Waals surface area contributed by atoms with Crippen LogP contribution in [0.5, 0.6) is 0 Å². The summed E-state index contributed by atoms with van der Waals surface area (Å²) in [7, 11) is 0. The number of benzene rings is 1. The number of hydrogen-bond acceptors (Lipinski definition) is 3. The summed E-state index contributed by atoms with van der Waals surface area (Å²) >= 11 is 0. The van der Waals surface area contributed by atoms with Crippen LogP contribution in [-0.2, 0) is 0 Å². The lowest BCUT2D eigenvalue weighted by atomic mass is 10.0. The van der Waals surface area contributed by atoms with Gasteiger partial charge in [0.25, 0.3) is 0 Å². The van der Waals surface area contributed by atoms with Gasteiger partial charge in [0.2, 0.25) is 0 Å². The number of piperidine rings is 1. The largest absolute Gasteiger partial charge is 0.324 e. The van der Waals surface area contributed by atoms with E-state index in [2.05, 4.69) is 41.7 Å². The average Bonchev–Trinajstić information content (AvgIpc) is 3.40. The molecule has 0 spiro atoms. The van der Waals surface area contributed by atoms with E-state index >= 15 is 0 Å². The van der Waals surface area contributed by atoms with Crippen molar-refractivity contribution in [1.82, 2.24) is 19.9 Å². The Kier molecular flexibility index (Phi) is 5.64. The lowest BCUT2D eigenvalue weighted by Crippen LogP contribution is -2.41. The van der Waals surface area contributed by atoms with E-state index in [1.807, 2.05) is 27.8 Å². The van der Waals surface area contributed by atoms with E-state index in [9.17, 15) is 4.79 Å². The first-order valence-electron chi connectivity index (χ1n) is 10.7. The third-order valence-electron chi connectivity index (χ3n) is 6.25. The van der Waals surface area contributed by atoms with Crippen molar-refractivity contribution in [1.29, 1.82) is 0 Å². The van der Waals surface area contributed by atoms with Crippen LogP contribution in [0.3, 0.4) is 0 Å². The van der Waals surface area contributed by atoms with Crippen molar-refractivity contribution in [2.75, 3.05) is 18.4 Å². The maximum Gasteiger partial charge on any atom is 0.321 e. The van der Waals surface area contributed by atoms with Crippen molar-refractivity contribution in [3.05, 3.63) is 41.7 Å². The van der Waals surface area contributed by atoms with E-state index in [1.54, 1.807) is 0 Å². The molecule has 2 aromatic rings. The molecule has 1 aliphatic heterocycles. The van der Waals surface area contributed by atoms with Gasteiger partial charge in [-0.1, -0.05) is 50.1 Å². The molecule has 1 aromatic heterocycles. The van der Waals surface area contributed by atoms with Gasteiger partial charge in [-0.15, -0.1) is 5.10 Å². The Morgan fingerprint density at radius 1 is 1.11 bits per heavy atom. The fourth-order valence-corrected chi connectivity index (χ4v) is 4.52. The van der Waals surface area contributed by atoms with E-state index in [-0.39, 0.29) is 6.03 Å². The molecule has 1 N–H and O–H groups in total. The molecule has 150 valence electrons. The SMILES string of the molecule is CC(C)c1ccccc1NC(=O)N1CCC(n2cc(C3CCCC3)nn2)CC1. The summed E-state index contributed by atoms with van der Waals surface area (Å²) in [5, 5.41) is 11.9. The molecule has 1 aromatic carbocycles. The highest BCUT2D eigenvalue weighted by molar-refractivity contribution is 5.90. The molecule has 4 rings (SSSR count). The Morgan fingerprint density at radius 2 is 1.82 bits per heavy atom. The maximum absolute atomic E-state index is 12.7. The molecule has 1 saturated carbocycles. The van der Waals surface area contributed by atoms with Crippen LogP contribution in [0.2, 0.25) is 0 Å². The predicted octanol–water partition coefficient (Wildman–Crippen LogP) is 4.93. The molecule has 0 unspecified atom stereocenters. The molecular weight excluding hydrogens is 350 g/mol. The smallest absolute Gasteiger partial charge is 0.321 e. The summed E-state index contributed by atoms with van der Waals surface area (Å²) in [6.07, 6.45) is 9.11.